The lowest BCUT2D eigenvalue weighted by Crippen LogP contribution is -2.44. The third kappa shape index (κ3) is 3.26. The van der Waals surface area contributed by atoms with Gasteiger partial charge in [-0.15, -0.1) is 0 Å². The Hall–Kier alpha value is -1.43. The molecule has 0 radical (unpaired) electrons. The first-order valence-corrected chi connectivity index (χ1v) is 12.6. The molecule has 0 aromatic carbocycles. The van der Waals surface area contributed by atoms with E-state index in [-0.39, 0.29) is 65.9 Å². The van der Waals surface area contributed by atoms with Crippen molar-refractivity contribution >= 4 is 17.9 Å². The summed E-state index contributed by atoms with van der Waals surface area (Å²) in [4.78, 5) is 38.9. The van der Waals surface area contributed by atoms with Crippen molar-refractivity contribution < 1.29 is 29.0 Å². The van der Waals surface area contributed by atoms with Crippen LogP contribution in [0.25, 0.3) is 0 Å². The number of hydrogen-bond donors (Lipinski definition) is 1. The molecule has 12 unspecified atom stereocenters. The highest BCUT2D eigenvalue weighted by molar-refractivity contribution is 5.97. The van der Waals surface area contributed by atoms with Crippen molar-refractivity contribution in [1.82, 2.24) is 0 Å². The van der Waals surface area contributed by atoms with Crippen LogP contribution in [0.3, 0.4) is 0 Å². The third-order valence-corrected chi connectivity index (χ3v) is 10.0. The minimum Gasteiger partial charge on any atom is -0.460 e. The van der Waals surface area contributed by atoms with Crippen LogP contribution in [-0.2, 0) is 23.9 Å². The van der Waals surface area contributed by atoms with E-state index in [9.17, 15) is 19.5 Å². The second-order valence-corrected chi connectivity index (χ2v) is 12.5. The largest absolute Gasteiger partial charge is 0.460 e. The molecule has 1 N–H and O–H groups in total. The third-order valence-electron chi connectivity index (χ3n) is 10.0. The molecule has 32 heavy (non-hydrogen) atoms. The van der Waals surface area contributed by atoms with E-state index in [4.69, 9.17) is 9.47 Å². The SMILES string of the molecule is CC1C2CC(CC2C(=O)OC(C)(C)C)C1C1C(=O)OC(=O)C1C1C(C)C2CC(CO)C1C2. The summed E-state index contributed by atoms with van der Waals surface area (Å²) in [6.07, 6.45) is 3.74. The molecule has 4 saturated carbocycles. The molecule has 4 bridgehead atoms. The number of cyclic esters (lactones) is 2. The van der Waals surface area contributed by atoms with E-state index < -0.39 is 17.4 Å². The number of hydrogen-bond acceptors (Lipinski definition) is 6. The fourth-order valence-corrected chi connectivity index (χ4v) is 8.92. The molecule has 4 aliphatic carbocycles. The molecule has 12 atom stereocenters. The second-order valence-electron chi connectivity index (χ2n) is 12.5. The lowest BCUT2D eigenvalue weighted by Gasteiger charge is -2.41. The summed E-state index contributed by atoms with van der Waals surface area (Å²) < 4.78 is 11.0. The Labute approximate surface area is 190 Å². The highest BCUT2D eigenvalue weighted by Crippen LogP contribution is 2.64. The van der Waals surface area contributed by atoms with Gasteiger partial charge in [-0.3, -0.25) is 14.4 Å². The quantitative estimate of drug-likeness (QED) is 0.525. The van der Waals surface area contributed by atoms with Gasteiger partial charge in [-0.05, 0) is 99.7 Å². The zero-order valence-corrected chi connectivity index (χ0v) is 20.0. The minimum atomic E-state index is -0.504. The molecule has 5 aliphatic rings. The molecule has 1 heterocycles. The first kappa shape index (κ1) is 22.4. The van der Waals surface area contributed by atoms with Gasteiger partial charge < -0.3 is 14.6 Å². The van der Waals surface area contributed by atoms with Crippen LogP contribution in [0.5, 0.6) is 0 Å². The van der Waals surface area contributed by atoms with Crippen LogP contribution in [0.4, 0.5) is 0 Å². The van der Waals surface area contributed by atoms with E-state index in [1.165, 1.54) is 0 Å². The number of ether oxygens (including phenoxy) is 2. The predicted octanol–water partition coefficient (Wildman–Crippen LogP) is 3.45. The molecule has 1 saturated heterocycles. The van der Waals surface area contributed by atoms with Crippen molar-refractivity contribution in [2.45, 2.75) is 65.9 Å². The van der Waals surface area contributed by atoms with E-state index in [2.05, 4.69) is 13.8 Å². The molecule has 178 valence electrons. The highest BCUT2D eigenvalue weighted by Gasteiger charge is 2.65. The van der Waals surface area contributed by atoms with Gasteiger partial charge in [0.2, 0.25) is 0 Å². The summed E-state index contributed by atoms with van der Waals surface area (Å²) in [5.74, 6) is 0.532. The normalized spacial score (nSPS) is 49.7. The minimum absolute atomic E-state index is 0.0848. The average Bonchev–Trinajstić information content (AvgIpc) is 3.47. The van der Waals surface area contributed by atoms with Gasteiger partial charge in [-0.2, -0.15) is 0 Å². The number of carbonyl (C=O) groups is 3. The maximum Gasteiger partial charge on any atom is 0.317 e. The fraction of sp³-hybridized carbons (Fsp3) is 0.885. The Bertz CT molecular complexity index is 812. The molecule has 6 heteroatoms. The Balaban J connectivity index is 1.38. The van der Waals surface area contributed by atoms with Gasteiger partial charge in [0.25, 0.3) is 0 Å². The standard InChI is InChI=1S/C26H38O6/c1-11-13-6-15(10-27)17(7-13)20(11)22-21(24(29)31-25(22)30)19-12(2)16-8-14(19)9-18(16)23(28)32-26(3,4)5/h11-22,27H,6-10H2,1-5H3. The molecule has 0 spiro atoms. The highest BCUT2D eigenvalue weighted by atomic mass is 16.6. The van der Waals surface area contributed by atoms with Gasteiger partial charge in [0.1, 0.15) is 5.60 Å². The van der Waals surface area contributed by atoms with Gasteiger partial charge in [0, 0.05) is 6.61 Å². The predicted molar refractivity (Wildman–Crippen MR) is 116 cm³/mol. The Morgan fingerprint density at radius 2 is 1.56 bits per heavy atom. The summed E-state index contributed by atoms with van der Waals surface area (Å²) in [5.41, 5.74) is -0.504. The van der Waals surface area contributed by atoms with Gasteiger partial charge in [0.15, 0.2) is 0 Å². The summed E-state index contributed by atoms with van der Waals surface area (Å²) >= 11 is 0. The molecular weight excluding hydrogens is 408 g/mol. The zero-order valence-electron chi connectivity index (χ0n) is 20.0. The van der Waals surface area contributed by atoms with E-state index >= 15 is 0 Å². The van der Waals surface area contributed by atoms with Crippen molar-refractivity contribution in [3.05, 3.63) is 0 Å². The first-order chi connectivity index (χ1) is 15.0. The average molecular weight is 447 g/mol. The van der Waals surface area contributed by atoms with Crippen molar-refractivity contribution in [3.8, 4) is 0 Å². The monoisotopic (exact) mass is 446 g/mol. The maximum absolute atomic E-state index is 13.0. The first-order valence-electron chi connectivity index (χ1n) is 12.6. The Kier molecular flexibility index (Phi) is 5.27. The van der Waals surface area contributed by atoms with E-state index in [1.807, 2.05) is 20.8 Å². The van der Waals surface area contributed by atoms with Crippen LogP contribution in [0.15, 0.2) is 0 Å². The van der Waals surface area contributed by atoms with Crippen molar-refractivity contribution in [1.29, 1.82) is 0 Å². The number of fused-ring (bicyclic) bond motifs is 4. The molecule has 0 amide bonds. The van der Waals surface area contributed by atoms with Crippen molar-refractivity contribution in [2.24, 2.45) is 71.0 Å². The number of esters is 3. The van der Waals surface area contributed by atoms with Crippen LogP contribution in [0.2, 0.25) is 0 Å². The molecule has 0 aromatic rings. The fourth-order valence-electron chi connectivity index (χ4n) is 8.92. The van der Waals surface area contributed by atoms with Gasteiger partial charge in [0.05, 0.1) is 17.8 Å². The molecule has 5 rings (SSSR count). The Morgan fingerprint density at radius 3 is 2.12 bits per heavy atom. The van der Waals surface area contributed by atoms with Crippen LogP contribution in [0.1, 0.15) is 60.3 Å². The number of rotatable bonds is 4. The van der Waals surface area contributed by atoms with Gasteiger partial charge in [-0.1, -0.05) is 13.8 Å². The van der Waals surface area contributed by atoms with E-state index in [0.717, 1.165) is 25.7 Å². The number of carbonyl (C=O) groups excluding carboxylic acids is 3. The zero-order chi connectivity index (χ0) is 23.1. The van der Waals surface area contributed by atoms with Crippen LogP contribution < -0.4 is 0 Å². The van der Waals surface area contributed by atoms with Crippen LogP contribution in [-0.4, -0.2) is 35.2 Å². The molecule has 1 aliphatic heterocycles. The lowest BCUT2D eigenvalue weighted by atomic mass is 9.60. The summed E-state index contributed by atoms with van der Waals surface area (Å²) in [5, 5.41) is 9.89. The molecular formula is C26H38O6. The van der Waals surface area contributed by atoms with Gasteiger partial charge >= 0.3 is 17.9 Å². The van der Waals surface area contributed by atoms with Crippen LogP contribution in [0, 0.1) is 71.0 Å². The topological polar surface area (TPSA) is 89.9 Å². The molecule has 0 aromatic heterocycles. The summed E-state index contributed by atoms with van der Waals surface area (Å²) in [6, 6.07) is 0. The summed E-state index contributed by atoms with van der Waals surface area (Å²) in [7, 11) is 0. The number of aliphatic hydroxyl groups is 1. The molecule has 5 fully saturated rings. The van der Waals surface area contributed by atoms with E-state index in [0.29, 0.717) is 17.8 Å². The number of aliphatic hydroxyl groups excluding tert-OH is 1. The van der Waals surface area contributed by atoms with Crippen molar-refractivity contribution in [3.63, 3.8) is 0 Å². The maximum atomic E-state index is 13.0. The smallest absolute Gasteiger partial charge is 0.317 e. The van der Waals surface area contributed by atoms with Crippen molar-refractivity contribution in [2.75, 3.05) is 6.61 Å². The molecule has 6 nitrogen and oxygen atoms in total. The Morgan fingerprint density at radius 1 is 0.938 bits per heavy atom. The lowest BCUT2D eigenvalue weighted by molar-refractivity contribution is -0.163. The van der Waals surface area contributed by atoms with E-state index in [1.54, 1.807) is 0 Å². The summed E-state index contributed by atoms with van der Waals surface area (Å²) in [6.45, 7) is 10.2. The second kappa shape index (κ2) is 7.54. The van der Waals surface area contributed by atoms with Crippen LogP contribution >= 0.6 is 0 Å². The van der Waals surface area contributed by atoms with Gasteiger partial charge in [-0.25, -0.2) is 0 Å².